The number of hydrogen-bond donors (Lipinski definition) is 2. The average molecular weight is 214 g/mol. The van der Waals surface area contributed by atoms with Crippen molar-refractivity contribution in [3.63, 3.8) is 0 Å². The van der Waals surface area contributed by atoms with E-state index in [9.17, 15) is 9.90 Å². The molecule has 80 valence electrons. The monoisotopic (exact) mass is 214 g/mol. The first kappa shape index (κ1) is 10.2. The summed E-state index contributed by atoms with van der Waals surface area (Å²) in [6.07, 6.45) is 1.58. The first-order valence-electron chi connectivity index (χ1n) is 4.72. The Labute approximate surface area is 92.4 Å². The predicted molar refractivity (Wildman–Crippen MR) is 59.9 cm³/mol. The van der Waals surface area contributed by atoms with Crippen LogP contribution in [0.2, 0.25) is 0 Å². The highest BCUT2D eigenvalue weighted by Crippen LogP contribution is 2.26. The normalized spacial score (nSPS) is 10.0. The highest BCUT2D eigenvalue weighted by molar-refractivity contribution is 5.94. The third-order valence-corrected chi connectivity index (χ3v) is 2.21. The maximum absolute atomic E-state index is 11.0. The zero-order valence-electron chi connectivity index (χ0n) is 8.42. The molecule has 0 fully saturated rings. The summed E-state index contributed by atoms with van der Waals surface area (Å²) in [6, 6.07) is 9.85. The largest absolute Gasteiger partial charge is 0.506 e. The van der Waals surface area contributed by atoms with Crippen molar-refractivity contribution < 1.29 is 9.90 Å². The number of pyridine rings is 1. The molecule has 0 aliphatic heterocycles. The van der Waals surface area contributed by atoms with Gasteiger partial charge in [0.1, 0.15) is 11.4 Å². The van der Waals surface area contributed by atoms with E-state index >= 15 is 0 Å². The zero-order valence-corrected chi connectivity index (χ0v) is 8.42. The number of amides is 1. The smallest absolute Gasteiger partial charge is 0.248 e. The second-order valence-electron chi connectivity index (χ2n) is 3.32. The lowest BCUT2D eigenvalue weighted by atomic mass is 10.1. The minimum absolute atomic E-state index is 0.0733. The van der Waals surface area contributed by atoms with Crippen LogP contribution in [0, 0.1) is 0 Å². The molecule has 0 aliphatic rings. The van der Waals surface area contributed by atoms with E-state index < -0.39 is 5.91 Å². The summed E-state index contributed by atoms with van der Waals surface area (Å²) >= 11 is 0. The van der Waals surface area contributed by atoms with E-state index in [0.29, 0.717) is 16.8 Å². The number of primary amides is 1. The van der Waals surface area contributed by atoms with Crippen LogP contribution in [0.15, 0.2) is 42.6 Å². The van der Waals surface area contributed by atoms with Crippen molar-refractivity contribution in [3.05, 3.63) is 48.2 Å². The van der Waals surface area contributed by atoms with Crippen molar-refractivity contribution in [2.75, 3.05) is 0 Å². The lowest BCUT2D eigenvalue weighted by Gasteiger charge is -2.04. The van der Waals surface area contributed by atoms with Crippen LogP contribution in [-0.4, -0.2) is 16.0 Å². The molecule has 1 aromatic heterocycles. The molecule has 16 heavy (non-hydrogen) atoms. The molecule has 1 aromatic carbocycles. The number of benzene rings is 1. The number of rotatable bonds is 2. The summed E-state index contributed by atoms with van der Waals surface area (Å²) in [5, 5.41) is 9.61. The minimum Gasteiger partial charge on any atom is -0.506 e. The molecule has 2 rings (SSSR count). The lowest BCUT2D eigenvalue weighted by Crippen LogP contribution is -2.10. The fourth-order valence-corrected chi connectivity index (χ4v) is 1.44. The molecule has 1 amide bonds. The Bertz CT molecular complexity index is 538. The summed E-state index contributed by atoms with van der Waals surface area (Å²) in [5.41, 5.74) is 6.67. The summed E-state index contributed by atoms with van der Waals surface area (Å²) in [7, 11) is 0. The van der Waals surface area contributed by atoms with E-state index in [2.05, 4.69) is 4.98 Å². The standard InChI is InChI=1S/C12H10N2O2/c13-12(16)9-4-1-3-8(7-9)11-10(15)5-2-6-14-11/h1-7,15H,(H2,13,16). The van der Waals surface area contributed by atoms with Gasteiger partial charge in [-0.15, -0.1) is 0 Å². The molecule has 0 spiro atoms. The molecule has 0 saturated carbocycles. The van der Waals surface area contributed by atoms with Crippen LogP contribution in [-0.2, 0) is 0 Å². The maximum Gasteiger partial charge on any atom is 0.248 e. The summed E-state index contributed by atoms with van der Waals surface area (Å²) in [5.74, 6) is -0.429. The first-order valence-corrected chi connectivity index (χ1v) is 4.72. The van der Waals surface area contributed by atoms with E-state index in [-0.39, 0.29) is 5.75 Å². The quantitative estimate of drug-likeness (QED) is 0.796. The van der Waals surface area contributed by atoms with Gasteiger partial charge >= 0.3 is 0 Å². The molecule has 1 heterocycles. The van der Waals surface area contributed by atoms with Gasteiger partial charge in [0.05, 0.1) is 0 Å². The Hall–Kier alpha value is -2.36. The van der Waals surface area contributed by atoms with Gasteiger partial charge in [0.15, 0.2) is 0 Å². The number of carbonyl (C=O) groups is 1. The lowest BCUT2D eigenvalue weighted by molar-refractivity contribution is 0.100. The van der Waals surface area contributed by atoms with Crippen LogP contribution in [0.5, 0.6) is 5.75 Å². The fourth-order valence-electron chi connectivity index (χ4n) is 1.44. The predicted octanol–water partition coefficient (Wildman–Crippen LogP) is 1.55. The van der Waals surface area contributed by atoms with Crippen LogP contribution in [0.25, 0.3) is 11.3 Å². The molecule has 0 aliphatic carbocycles. The Morgan fingerprint density at radius 1 is 1.25 bits per heavy atom. The van der Waals surface area contributed by atoms with Crippen molar-refractivity contribution in [1.29, 1.82) is 0 Å². The third-order valence-electron chi connectivity index (χ3n) is 2.21. The molecule has 0 saturated heterocycles. The molecule has 4 heteroatoms. The van der Waals surface area contributed by atoms with Gasteiger partial charge < -0.3 is 10.8 Å². The minimum atomic E-state index is -0.503. The zero-order chi connectivity index (χ0) is 11.5. The van der Waals surface area contributed by atoms with Crippen molar-refractivity contribution >= 4 is 5.91 Å². The first-order chi connectivity index (χ1) is 7.68. The maximum atomic E-state index is 11.0. The van der Waals surface area contributed by atoms with Gasteiger partial charge in [-0.2, -0.15) is 0 Å². The highest BCUT2D eigenvalue weighted by Gasteiger charge is 2.07. The summed E-state index contributed by atoms with van der Waals surface area (Å²) < 4.78 is 0. The van der Waals surface area contributed by atoms with Crippen molar-refractivity contribution in [3.8, 4) is 17.0 Å². The van der Waals surface area contributed by atoms with E-state index in [1.165, 1.54) is 0 Å². The molecule has 0 radical (unpaired) electrons. The van der Waals surface area contributed by atoms with Crippen molar-refractivity contribution in [2.45, 2.75) is 0 Å². The molecule has 2 aromatic rings. The molecular formula is C12H10N2O2. The van der Waals surface area contributed by atoms with E-state index in [0.717, 1.165) is 0 Å². The Kier molecular flexibility index (Phi) is 2.55. The second-order valence-corrected chi connectivity index (χ2v) is 3.32. The van der Waals surface area contributed by atoms with Gasteiger partial charge in [0.25, 0.3) is 0 Å². The van der Waals surface area contributed by atoms with Crippen molar-refractivity contribution in [2.24, 2.45) is 5.73 Å². The second kappa shape index (κ2) is 4.02. The SMILES string of the molecule is NC(=O)c1cccc(-c2ncccc2O)c1. The number of carbonyl (C=O) groups excluding carboxylic acids is 1. The molecular weight excluding hydrogens is 204 g/mol. The van der Waals surface area contributed by atoms with Gasteiger partial charge in [0.2, 0.25) is 5.91 Å². The van der Waals surface area contributed by atoms with E-state index in [1.54, 1.807) is 42.6 Å². The van der Waals surface area contributed by atoms with Gasteiger partial charge in [-0.25, -0.2) is 0 Å². The van der Waals surface area contributed by atoms with E-state index in [4.69, 9.17) is 5.73 Å². The fraction of sp³-hybridized carbons (Fsp3) is 0. The van der Waals surface area contributed by atoms with Crippen LogP contribution in [0.3, 0.4) is 0 Å². The van der Waals surface area contributed by atoms with Gasteiger partial charge in [-0.1, -0.05) is 12.1 Å². The number of nitrogens with zero attached hydrogens (tertiary/aromatic N) is 1. The average Bonchev–Trinajstić information content (AvgIpc) is 2.30. The Morgan fingerprint density at radius 2 is 2.06 bits per heavy atom. The highest BCUT2D eigenvalue weighted by atomic mass is 16.3. The molecule has 0 bridgehead atoms. The molecule has 3 N–H and O–H groups in total. The summed E-state index contributed by atoms with van der Waals surface area (Å²) in [4.78, 5) is 15.1. The van der Waals surface area contributed by atoms with Gasteiger partial charge in [-0.05, 0) is 24.3 Å². The van der Waals surface area contributed by atoms with Crippen LogP contribution in [0.4, 0.5) is 0 Å². The number of hydrogen-bond acceptors (Lipinski definition) is 3. The summed E-state index contributed by atoms with van der Waals surface area (Å²) in [6.45, 7) is 0. The van der Waals surface area contributed by atoms with Gasteiger partial charge in [-0.3, -0.25) is 9.78 Å². The van der Waals surface area contributed by atoms with Crippen LogP contribution in [0.1, 0.15) is 10.4 Å². The van der Waals surface area contributed by atoms with Crippen molar-refractivity contribution in [1.82, 2.24) is 4.98 Å². The number of aromatic hydroxyl groups is 1. The third kappa shape index (κ3) is 1.86. The van der Waals surface area contributed by atoms with Gasteiger partial charge in [0, 0.05) is 17.3 Å². The Balaban J connectivity index is 2.53. The number of aromatic nitrogens is 1. The molecule has 0 unspecified atom stereocenters. The topological polar surface area (TPSA) is 76.2 Å². The number of nitrogens with two attached hydrogens (primary N) is 1. The van der Waals surface area contributed by atoms with E-state index in [1.807, 2.05) is 0 Å². The molecule has 0 atom stereocenters. The van der Waals surface area contributed by atoms with Crippen LogP contribution >= 0.6 is 0 Å². The Morgan fingerprint density at radius 3 is 2.75 bits per heavy atom. The molecule has 4 nitrogen and oxygen atoms in total. The van der Waals surface area contributed by atoms with Crippen LogP contribution < -0.4 is 5.73 Å².